The minimum atomic E-state index is -0.226. The molecule has 0 bridgehead atoms. The van der Waals surface area contributed by atoms with E-state index >= 15 is 0 Å². The largest absolute Gasteiger partial charge is 0.377 e. The molecule has 0 amide bonds. The zero-order valence-corrected chi connectivity index (χ0v) is 9.49. The van der Waals surface area contributed by atoms with Crippen LogP contribution in [0.3, 0.4) is 0 Å². The van der Waals surface area contributed by atoms with Crippen molar-refractivity contribution < 1.29 is 4.74 Å². The van der Waals surface area contributed by atoms with Gasteiger partial charge in [0.15, 0.2) is 0 Å². The fourth-order valence-corrected chi connectivity index (χ4v) is 1.93. The van der Waals surface area contributed by atoms with Crippen LogP contribution < -0.4 is 5.73 Å². The van der Waals surface area contributed by atoms with Crippen LogP contribution in [0, 0.1) is 5.92 Å². The van der Waals surface area contributed by atoms with Gasteiger partial charge < -0.3 is 10.5 Å². The van der Waals surface area contributed by atoms with E-state index in [1.807, 2.05) is 0 Å². The summed E-state index contributed by atoms with van der Waals surface area (Å²) in [5, 5.41) is 0. The number of hydrogen-bond donors (Lipinski definition) is 1. The van der Waals surface area contributed by atoms with E-state index in [4.69, 9.17) is 10.5 Å². The zero-order valence-electron chi connectivity index (χ0n) is 9.49. The maximum absolute atomic E-state index is 6.15. The van der Waals surface area contributed by atoms with Crippen LogP contribution in [0.15, 0.2) is 24.3 Å². The van der Waals surface area contributed by atoms with Crippen LogP contribution in [0.2, 0.25) is 0 Å². The number of benzene rings is 1. The van der Waals surface area contributed by atoms with Crippen molar-refractivity contribution in [2.45, 2.75) is 25.8 Å². The molecule has 2 nitrogen and oxygen atoms in total. The molecule has 1 aromatic carbocycles. The molecule has 2 heteroatoms. The minimum absolute atomic E-state index is 0.226. The first kappa shape index (κ1) is 10.7. The van der Waals surface area contributed by atoms with Crippen LogP contribution in [0.25, 0.3) is 0 Å². The molecule has 0 saturated carbocycles. The number of ether oxygens (including phenoxy) is 1. The van der Waals surface area contributed by atoms with Gasteiger partial charge in [-0.25, -0.2) is 0 Å². The third kappa shape index (κ3) is 2.21. The van der Waals surface area contributed by atoms with Crippen molar-refractivity contribution in [1.82, 2.24) is 0 Å². The molecule has 0 aliphatic carbocycles. The summed E-state index contributed by atoms with van der Waals surface area (Å²) in [5.74, 6) is 0.703. The molecule has 0 atom stereocenters. The Morgan fingerprint density at radius 2 is 1.87 bits per heavy atom. The van der Waals surface area contributed by atoms with Gasteiger partial charge in [0.2, 0.25) is 0 Å². The van der Waals surface area contributed by atoms with Crippen molar-refractivity contribution in [3.63, 3.8) is 0 Å². The highest BCUT2D eigenvalue weighted by molar-refractivity contribution is 5.30. The SMILES string of the molecule is CC(C)Cc1ccc(C2(N)COC2)cc1. The Bertz CT molecular complexity index is 325. The zero-order chi connectivity index (χ0) is 10.9. The lowest BCUT2D eigenvalue weighted by molar-refractivity contribution is -0.0569. The number of hydrogen-bond acceptors (Lipinski definition) is 2. The summed E-state index contributed by atoms with van der Waals surface area (Å²) in [7, 11) is 0. The van der Waals surface area contributed by atoms with E-state index < -0.39 is 0 Å². The highest BCUT2D eigenvalue weighted by Gasteiger charge is 2.35. The van der Waals surface area contributed by atoms with Crippen LogP contribution in [-0.2, 0) is 16.7 Å². The van der Waals surface area contributed by atoms with E-state index in [0.29, 0.717) is 19.1 Å². The van der Waals surface area contributed by atoms with Crippen LogP contribution in [0.4, 0.5) is 0 Å². The van der Waals surface area contributed by atoms with Gasteiger partial charge in [-0.05, 0) is 23.5 Å². The maximum atomic E-state index is 6.15. The Morgan fingerprint density at radius 1 is 1.27 bits per heavy atom. The molecular weight excluding hydrogens is 186 g/mol. The molecule has 0 radical (unpaired) electrons. The van der Waals surface area contributed by atoms with Gasteiger partial charge in [-0.2, -0.15) is 0 Å². The summed E-state index contributed by atoms with van der Waals surface area (Å²) in [6.07, 6.45) is 1.13. The predicted octanol–water partition coefficient (Wildman–Crippen LogP) is 2.07. The number of nitrogens with two attached hydrogens (primary N) is 1. The van der Waals surface area contributed by atoms with Crippen LogP contribution in [0.5, 0.6) is 0 Å². The topological polar surface area (TPSA) is 35.2 Å². The van der Waals surface area contributed by atoms with E-state index in [2.05, 4.69) is 38.1 Å². The third-order valence-electron chi connectivity index (χ3n) is 2.89. The molecule has 1 aromatic rings. The smallest absolute Gasteiger partial charge is 0.0883 e. The van der Waals surface area contributed by atoms with E-state index in [1.165, 1.54) is 11.1 Å². The quantitative estimate of drug-likeness (QED) is 0.820. The monoisotopic (exact) mass is 205 g/mol. The Morgan fingerprint density at radius 3 is 2.27 bits per heavy atom. The summed E-state index contributed by atoms with van der Waals surface area (Å²) in [4.78, 5) is 0. The molecule has 0 unspecified atom stereocenters. The molecule has 1 fully saturated rings. The van der Waals surface area contributed by atoms with Crippen LogP contribution in [0.1, 0.15) is 25.0 Å². The van der Waals surface area contributed by atoms with Gasteiger partial charge in [-0.3, -0.25) is 0 Å². The second-order valence-corrected chi connectivity index (χ2v) is 4.94. The molecule has 15 heavy (non-hydrogen) atoms. The lowest BCUT2D eigenvalue weighted by Gasteiger charge is -2.38. The molecule has 1 heterocycles. The summed E-state index contributed by atoms with van der Waals surface area (Å²) >= 11 is 0. The third-order valence-corrected chi connectivity index (χ3v) is 2.89. The average molecular weight is 205 g/mol. The molecule has 2 rings (SSSR count). The maximum Gasteiger partial charge on any atom is 0.0883 e. The lowest BCUT2D eigenvalue weighted by atomic mass is 9.88. The minimum Gasteiger partial charge on any atom is -0.377 e. The highest BCUT2D eigenvalue weighted by Crippen LogP contribution is 2.26. The Balaban J connectivity index is 2.10. The Kier molecular flexibility index (Phi) is 2.81. The molecule has 0 spiro atoms. The molecule has 82 valence electrons. The van der Waals surface area contributed by atoms with E-state index in [1.54, 1.807) is 0 Å². The Hall–Kier alpha value is -0.860. The molecular formula is C13H19NO. The van der Waals surface area contributed by atoms with E-state index in [9.17, 15) is 0 Å². The van der Waals surface area contributed by atoms with Crippen molar-refractivity contribution in [3.05, 3.63) is 35.4 Å². The first-order valence-electron chi connectivity index (χ1n) is 5.56. The summed E-state index contributed by atoms with van der Waals surface area (Å²) in [5.41, 5.74) is 8.51. The fraction of sp³-hybridized carbons (Fsp3) is 0.538. The first-order chi connectivity index (χ1) is 7.10. The molecule has 2 N–H and O–H groups in total. The summed E-state index contributed by atoms with van der Waals surface area (Å²) in [6.45, 7) is 5.77. The molecule has 0 aromatic heterocycles. The predicted molar refractivity (Wildman–Crippen MR) is 61.7 cm³/mol. The van der Waals surface area contributed by atoms with Crippen LogP contribution >= 0.6 is 0 Å². The second kappa shape index (κ2) is 3.95. The highest BCUT2D eigenvalue weighted by atomic mass is 16.5. The van der Waals surface area contributed by atoms with Crippen LogP contribution in [-0.4, -0.2) is 13.2 Å². The van der Waals surface area contributed by atoms with E-state index in [-0.39, 0.29) is 5.54 Å². The summed E-state index contributed by atoms with van der Waals surface area (Å²) < 4.78 is 5.16. The van der Waals surface area contributed by atoms with Crippen molar-refractivity contribution in [2.24, 2.45) is 11.7 Å². The van der Waals surface area contributed by atoms with Crippen molar-refractivity contribution in [3.8, 4) is 0 Å². The first-order valence-corrected chi connectivity index (χ1v) is 5.56. The van der Waals surface area contributed by atoms with Gasteiger partial charge >= 0.3 is 0 Å². The standard InChI is InChI=1S/C13H19NO/c1-10(2)7-11-3-5-12(6-4-11)13(14)8-15-9-13/h3-6,10H,7-9,14H2,1-2H3. The molecule has 1 saturated heterocycles. The van der Waals surface area contributed by atoms with Gasteiger partial charge in [-0.15, -0.1) is 0 Å². The molecule has 1 aliphatic rings. The van der Waals surface area contributed by atoms with Crippen molar-refractivity contribution in [1.29, 1.82) is 0 Å². The van der Waals surface area contributed by atoms with E-state index in [0.717, 1.165) is 6.42 Å². The van der Waals surface area contributed by atoms with Gasteiger partial charge in [-0.1, -0.05) is 38.1 Å². The van der Waals surface area contributed by atoms with Crippen molar-refractivity contribution in [2.75, 3.05) is 13.2 Å². The average Bonchev–Trinajstić information content (AvgIpc) is 2.14. The second-order valence-electron chi connectivity index (χ2n) is 4.94. The van der Waals surface area contributed by atoms with Gasteiger partial charge in [0.05, 0.1) is 18.8 Å². The van der Waals surface area contributed by atoms with Gasteiger partial charge in [0.25, 0.3) is 0 Å². The van der Waals surface area contributed by atoms with Gasteiger partial charge in [0, 0.05) is 0 Å². The molecule has 1 aliphatic heterocycles. The lowest BCUT2D eigenvalue weighted by Crippen LogP contribution is -2.54. The number of rotatable bonds is 3. The Labute approximate surface area is 91.4 Å². The fourth-order valence-electron chi connectivity index (χ4n) is 1.93. The summed E-state index contributed by atoms with van der Waals surface area (Å²) in [6, 6.07) is 8.64. The normalized spacial score (nSPS) is 18.9. The van der Waals surface area contributed by atoms with Gasteiger partial charge in [0.1, 0.15) is 0 Å². The van der Waals surface area contributed by atoms with Crippen molar-refractivity contribution >= 4 is 0 Å².